The van der Waals surface area contributed by atoms with E-state index in [1.807, 2.05) is 43.3 Å². The van der Waals surface area contributed by atoms with Crippen LogP contribution >= 0.6 is 23.5 Å². The molecule has 2 heterocycles. The fourth-order valence-electron chi connectivity index (χ4n) is 4.30. The number of imide groups is 1. The average Bonchev–Trinajstić information content (AvgIpc) is 3.23. The summed E-state index contributed by atoms with van der Waals surface area (Å²) in [5, 5.41) is 13.9. The number of amides is 3. The van der Waals surface area contributed by atoms with Gasteiger partial charge in [-0.15, -0.1) is 0 Å². The Balaban J connectivity index is 1.24. The van der Waals surface area contributed by atoms with E-state index >= 15 is 0 Å². The number of hydrogen-bond donors (Lipinski definition) is 1. The summed E-state index contributed by atoms with van der Waals surface area (Å²) >= 11 is 1.96. The number of benzene rings is 3. The van der Waals surface area contributed by atoms with Gasteiger partial charge in [-0.25, -0.2) is 0 Å². The Bertz CT molecular complexity index is 1520. The second kappa shape index (κ2) is 12.6. The number of anilines is 2. The van der Waals surface area contributed by atoms with Crippen molar-refractivity contribution in [3.63, 3.8) is 0 Å². The van der Waals surface area contributed by atoms with Crippen LogP contribution in [-0.4, -0.2) is 59.7 Å². The highest BCUT2D eigenvalue weighted by Gasteiger charge is 2.36. The fraction of sp³-hybridized carbons (Fsp3) is 0.207. The van der Waals surface area contributed by atoms with E-state index in [2.05, 4.69) is 10.2 Å². The van der Waals surface area contributed by atoms with E-state index in [0.29, 0.717) is 41.1 Å². The van der Waals surface area contributed by atoms with Crippen molar-refractivity contribution in [3.8, 4) is 0 Å². The lowest BCUT2D eigenvalue weighted by Gasteiger charge is -2.28. The first-order valence-corrected chi connectivity index (χ1v) is 14.4. The monoisotopic (exact) mass is 590 g/mol. The molecule has 0 radical (unpaired) electrons. The number of thioether (sulfide) groups is 1. The van der Waals surface area contributed by atoms with E-state index in [1.54, 1.807) is 24.3 Å². The molecule has 2 fully saturated rings. The third-order valence-electron chi connectivity index (χ3n) is 6.43. The largest absolute Gasteiger partial charge is 0.378 e. The molecule has 5 rings (SSSR count). The Morgan fingerprint density at radius 3 is 2.46 bits per heavy atom. The van der Waals surface area contributed by atoms with Gasteiger partial charge in [-0.05, 0) is 72.8 Å². The minimum Gasteiger partial charge on any atom is -0.378 e. The second-order valence-electron chi connectivity index (χ2n) is 9.36. The van der Waals surface area contributed by atoms with Crippen LogP contribution < -0.4 is 10.2 Å². The molecular formula is C29H26N4O6S2. The number of carbonyl (C=O) groups is 3. The van der Waals surface area contributed by atoms with Gasteiger partial charge in [0.05, 0.1) is 27.9 Å². The summed E-state index contributed by atoms with van der Waals surface area (Å²) in [5.74, 6) is -1.14. The summed E-state index contributed by atoms with van der Waals surface area (Å²) in [6.45, 7) is 4.44. The predicted octanol–water partition coefficient (Wildman–Crippen LogP) is 5.57. The Hall–Kier alpha value is -4.13. The van der Waals surface area contributed by atoms with Crippen molar-refractivity contribution < 1.29 is 24.0 Å². The summed E-state index contributed by atoms with van der Waals surface area (Å²) in [7, 11) is 0. The van der Waals surface area contributed by atoms with Gasteiger partial charge in [0.2, 0.25) is 5.91 Å². The van der Waals surface area contributed by atoms with E-state index < -0.39 is 28.5 Å². The van der Waals surface area contributed by atoms with Crippen LogP contribution in [-0.2, 0) is 14.3 Å². The molecule has 2 aliphatic heterocycles. The number of hydrogen-bond acceptors (Lipinski definition) is 9. The summed E-state index contributed by atoms with van der Waals surface area (Å²) < 4.78 is 5.37. The van der Waals surface area contributed by atoms with E-state index in [-0.39, 0.29) is 10.6 Å². The Morgan fingerprint density at radius 2 is 1.78 bits per heavy atom. The van der Waals surface area contributed by atoms with Crippen LogP contribution in [0.4, 0.5) is 21.9 Å². The SMILES string of the molecule is Cc1ccc(Sc2ccc(C=C3SC(=O)N(CC(=O)Nc4ccc(N5CCOCC5)cc4)C3=O)cc2[N+](=O)[O-])cc1. The predicted molar refractivity (Wildman–Crippen MR) is 159 cm³/mol. The van der Waals surface area contributed by atoms with Crippen molar-refractivity contribution in [3.05, 3.63) is 92.9 Å². The molecule has 2 aliphatic rings. The zero-order valence-corrected chi connectivity index (χ0v) is 23.7. The van der Waals surface area contributed by atoms with E-state index in [0.717, 1.165) is 34.1 Å². The fourth-order valence-corrected chi connectivity index (χ4v) is 6.03. The smallest absolute Gasteiger partial charge is 0.294 e. The third kappa shape index (κ3) is 6.96. The molecular weight excluding hydrogens is 564 g/mol. The second-order valence-corrected chi connectivity index (χ2v) is 11.5. The first-order valence-electron chi connectivity index (χ1n) is 12.8. The van der Waals surface area contributed by atoms with Gasteiger partial charge in [0.1, 0.15) is 6.54 Å². The van der Waals surface area contributed by atoms with Crippen molar-refractivity contribution in [2.24, 2.45) is 0 Å². The average molecular weight is 591 g/mol. The lowest BCUT2D eigenvalue weighted by molar-refractivity contribution is -0.387. The molecule has 3 aromatic rings. The van der Waals surface area contributed by atoms with E-state index in [9.17, 15) is 24.5 Å². The van der Waals surface area contributed by atoms with Crippen LogP contribution in [0.5, 0.6) is 0 Å². The molecule has 12 heteroatoms. The topological polar surface area (TPSA) is 122 Å². The Morgan fingerprint density at radius 1 is 1.07 bits per heavy atom. The molecule has 0 unspecified atom stereocenters. The third-order valence-corrected chi connectivity index (χ3v) is 8.41. The standard InChI is InChI=1S/C29H26N4O6S2/c1-19-2-9-23(10-3-19)40-25-11-4-20(16-24(25)33(37)38)17-26-28(35)32(29(36)41-26)18-27(34)30-21-5-7-22(8-6-21)31-12-14-39-15-13-31/h2-11,16-17H,12-15,18H2,1H3,(H,30,34). The molecule has 210 valence electrons. The van der Waals surface area contributed by atoms with Crippen molar-refractivity contribution in [1.29, 1.82) is 0 Å². The molecule has 0 bridgehead atoms. The van der Waals surface area contributed by atoms with E-state index in [1.165, 1.54) is 23.9 Å². The number of nitro groups is 1. The summed E-state index contributed by atoms with van der Waals surface area (Å²) in [5.41, 5.74) is 2.95. The Labute approximate surface area is 244 Å². The van der Waals surface area contributed by atoms with Gasteiger partial charge >= 0.3 is 0 Å². The van der Waals surface area contributed by atoms with Gasteiger partial charge in [0, 0.05) is 35.4 Å². The minimum atomic E-state index is -0.626. The maximum Gasteiger partial charge on any atom is 0.294 e. The molecule has 41 heavy (non-hydrogen) atoms. The molecule has 0 aromatic heterocycles. The van der Waals surface area contributed by atoms with Crippen LogP contribution in [0.2, 0.25) is 0 Å². The number of nitro benzene ring substituents is 1. The highest BCUT2D eigenvalue weighted by Crippen LogP contribution is 2.37. The summed E-state index contributed by atoms with van der Waals surface area (Å²) in [6, 6.07) is 19.6. The van der Waals surface area contributed by atoms with Gasteiger partial charge in [-0.1, -0.05) is 35.5 Å². The van der Waals surface area contributed by atoms with Crippen LogP contribution in [0, 0.1) is 17.0 Å². The van der Waals surface area contributed by atoms with E-state index in [4.69, 9.17) is 4.74 Å². The molecule has 3 amide bonds. The van der Waals surface area contributed by atoms with Gasteiger partial charge in [-0.3, -0.25) is 29.4 Å². The molecule has 2 saturated heterocycles. The molecule has 10 nitrogen and oxygen atoms in total. The molecule has 0 aliphatic carbocycles. The highest BCUT2D eigenvalue weighted by atomic mass is 32.2. The number of nitrogens with zero attached hydrogens (tertiary/aromatic N) is 3. The number of ether oxygens (including phenoxy) is 1. The van der Waals surface area contributed by atoms with Crippen molar-refractivity contribution in [2.75, 3.05) is 43.1 Å². The van der Waals surface area contributed by atoms with Crippen LogP contribution in [0.15, 0.2) is 81.4 Å². The molecule has 0 saturated carbocycles. The number of rotatable bonds is 8. The normalized spacial score (nSPS) is 16.4. The van der Waals surface area contributed by atoms with Crippen molar-refractivity contribution >= 4 is 63.7 Å². The number of carbonyl (C=O) groups excluding carboxylic acids is 3. The highest BCUT2D eigenvalue weighted by molar-refractivity contribution is 8.18. The van der Waals surface area contributed by atoms with Crippen LogP contribution in [0.3, 0.4) is 0 Å². The zero-order valence-electron chi connectivity index (χ0n) is 22.1. The quantitative estimate of drug-likeness (QED) is 0.204. The maximum atomic E-state index is 13.0. The molecule has 0 spiro atoms. The van der Waals surface area contributed by atoms with Gasteiger partial charge in [-0.2, -0.15) is 0 Å². The first-order chi connectivity index (χ1) is 19.8. The van der Waals surface area contributed by atoms with Gasteiger partial charge < -0.3 is 15.0 Å². The van der Waals surface area contributed by atoms with Gasteiger partial charge in [0.15, 0.2) is 0 Å². The van der Waals surface area contributed by atoms with Gasteiger partial charge in [0.25, 0.3) is 16.8 Å². The minimum absolute atomic E-state index is 0.0888. The lowest BCUT2D eigenvalue weighted by atomic mass is 10.2. The maximum absolute atomic E-state index is 13.0. The number of morpholine rings is 1. The zero-order chi connectivity index (χ0) is 28.9. The lowest BCUT2D eigenvalue weighted by Crippen LogP contribution is -2.36. The van der Waals surface area contributed by atoms with Crippen LogP contribution in [0.1, 0.15) is 11.1 Å². The number of aryl methyl sites for hydroxylation is 1. The van der Waals surface area contributed by atoms with Crippen molar-refractivity contribution in [1.82, 2.24) is 4.90 Å². The Kier molecular flexibility index (Phi) is 8.72. The molecule has 3 aromatic carbocycles. The summed E-state index contributed by atoms with van der Waals surface area (Å²) in [4.78, 5) is 53.9. The summed E-state index contributed by atoms with van der Waals surface area (Å²) in [6.07, 6.45) is 1.43. The molecule has 1 N–H and O–H groups in total. The van der Waals surface area contributed by atoms with Crippen LogP contribution in [0.25, 0.3) is 6.08 Å². The number of nitrogens with one attached hydrogen (secondary N) is 1. The first kappa shape index (κ1) is 28.4. The molecule has 0 atom stereocenters. The van der Waals surface area contributed by atoms with Crippen molar-refractivity contribution in [2.45, 2.75) is 16.7 Å².